The molecule has 0 spiro atoms. The first kappa shape index (κ1) is 11.8. The Labute approximate surface area is 108 Å². The van der Waals surface area contributed by atoms with E-state index < -0.39 is 0 Å². The van der Waals surface area contributed by atoms with Crippen molar-refractivity contribution in [1.82, 2.24) is 10.3 Å². The highest BCUT2D eigenvalue weighted by molar-refractivity contribution is 5.87. The molecule has 1 fully saturated rings. The molecule has 1 unspecified atom stereocenters. The molecule has 1 N–H and O–H groups in total. The van der Waals surface area contributed by atoms with Crippen LogP contribution in [0.25, 0.3) is 0 Å². The quantitative estimate of drug-likeness (QED) is 0.862. The van der Waals surface area contributed by atoms with Crippen LogP contribution in [-0.4, -0.2) is 23.9 Å². The molecule has 96 valence electrons. The molecule has 0 amide bonds. The zero-order chi connectivity index (χ0) is 12.4. The van der Waals surface area contributed by atoms with E-state index in [4.69, 9.17) is 0 Å². The van der Waals surface area contributed by atoms with Crippen molar-refractivity contribution in [2.45, 2.75) is 38.0 Å². The lowest BCUT2D eigenvalue weighted by atomic mass is 9.84. The summed E-state index contributed by atoms with van der Waals surface area (Å²) in [4.78, 5) is 16.7. The molecule has 1 aromatic heterocycles. The molecule has 1 aromatic rings. The lowest BCUT2D eigenvalue weighted by Crippen LogP contribution is -2.30. The number of aromatic nitrogens is 1. The summed E-state index contributed by atoms with van der Waals surface area (Å²) in [5, 5.41) is 3.30. The first-order valence-electron chi connectivity index (χ1n) is 7.02. The Morgan fingerprint density at radius 1 is 1.39 bits per heavy atom. The summed E-state index contributed by atoms with van der Waals surface area (Å²) in [7, 11) is 0. The molecule has 2 aliphatic carbocycles. The fourth-order valence-corrected chi connectivity index (χ4v) is 2.77. The molecule has 0 bridgehead atoms. The second kappa shape index (κ2) is 5.19. The van der Waals surface area contributed by atoms with Crippen molar-refractivity contribution < 1.29 is 4.79 Å². The van der Waals surface area contributed by atoms with Crippen LogP contribution in [0.3, 0.4) is 0 Å². The monoisotopic (exact) mass is 244 g/mol. The minimum atomic E-state index is 0.0293. The number of carbonyl (C=O) groups excluding carboxylic acids is 1. The van der Waals surface area contributed by atoms with Crippen molar-refractivity contribution in [3.8, 4) is 0 Å². The van der Waals surface area contributed by atoms with E-state index in [9.17, 15) is 4.79 Å². The van der Waals surface area contributed by atoms with Crippen molar-refractivity contribution in [3.63, 3.8) is 0 Å². The van der Waals surface area contributed by atoms with E-state index in [1.54, 1.807) is 0 Å². The smallest absolute Gasteiger partial charge is 0.155 e. The lowest BCUT2D eigenvalue weighted by Gasteiger charge is -2.23. The van der Waals surface area contributed by atoms with Crippen LogP contribution in [0.2, 0.25) is 0 Å². The van der Waals surface area contributed by atoms with Crippen LogP contribution in [0.15, 0.2) is 18.3 Å². The Balaban J connectivity index is 1.62. The fraction of sp³-hybridized carbons (Fsp3) is 0.600. The van der Waals surface area contributed by atoms with Crippen LogP contribution in [-0.2, 0) is 11.2 Å². The van der Waals surface area contributed by atoms with Gasteiger partial charge in [-0.25, -0.2) is 0 Å². The van der Waals surface area contributed by atoms with Crippen molar-refractivity contribution in [3.05, 3.63) is 29.6 Å². The second-order valence-corrected chi connectivity index (χ2v) is 5.53. The number of nitrogens with zero attached hydrogens (tertiary/aromatic N) is 1. The molecule has 0 radical (unpaired) electrons. The zero-order valence-corrected chi connectivity index (χ0v) is 10.7. The van der Waals surface area contributed by atoms with Gasteiger partial charge in [0.15, 0.2) is 5.78 Å². The summed E-state index contributed by atoms with van der Waals surface area (Å²) in [6.45, 7) is 1.52. The minimum Gasteiger partial charge on any atom is -0.310 e. The van der Waals surface area contributed by atoms with Gasteiger partial charge in [-0.05, 0) is 56.2 Å². The summed E-state index contributed by atoms with van der Waals surface area (Å²) in [6, 6.07) is 4.08. The number of carbonyl (C=O) groups is 1. The molecule has 18 heavy (non-hydrogen) atoms. The predicted molar refractivity (Wildman–Crippen MR) is 70.5 cm³/mol. The predicted octanol–water partition coefficient (Wildman–Crippen LogP) is 2.07. The number of ketones is 1. The van der Waals surface area contributed by atoms with Crippen LogP contribution in [0.1, 0.15) is 42.9 Å². The standard InChI is InChI=1S/C15H20N2O/c18-14(10-16-9-11-6-7-11)13-5-1-3-12-4-2-8-17-15(12)13/h2,4,8,11,13,16H,1,3,5-7,9-10H2. The van der Waals surface area contributed by atoms with Gasteiger partial charge in [0.2, 0.25) is 0 Å². The van der Waals surface area contributed by atoms with Crippen LogP contribution in [0, 0.1) is 5.92 Å². The number of Topliss-reactive ketones (excluding diaryl/α,β-unsaturated/α-hetero) is 1. The molecular formula is C15H20N2O. The third kappa shape index (κ3) is 2.61. The highest BCUT2D eigenvalue weighted by atomic mass is 16.1. The summed E-state index contributed by atoms with van der Waals surface area (Å²) < 4.78 is 0. The molecule has 3 rings (SSSR count). The van der Waals surface area contributed by atoms with Gasteiger partial charge in [0.25, 0.3) is 0 Å². The number of fused-ring (bicyclic) bond motifs is 1. The fourth-order valence-electron chi connectivity index (χ4n) is 2.77. The summed E-state index contributed by atoms with van der Waals surface area (Å²) >= 11 is 0. The highest BCUT2D eigenvalue weighted by Crippen LogP contribution is 2.30. The van der Waals surface area contributed by atoms with Gasteiger partial charge in [-0.3, -0.25) is 9.78 Å². The molecule has 1 atom stereocenters. The molecule has 0 saturated heterocycles. The summed E-state index contributed by atoms with van der Waals surface area (Å²) in [5.74, 6) is 1.17. The lowest BCUT2D eigenvalue weighted by molar-refractivity contribution is -0.120. The maximum Gasteiger partial charge on any atom is 0.155 e. The van der Waals surface area contributed by atoms with Gasteiger partial charge < -0.3 is 5.32 Å². The number of nitrogens with one attached hydrogen (secondary N) is 1. The van der Waals surface area contributed by atoms with E-state index in [0.29, 0.717) is 12.3 Å². The molecule has 0 aromatic carbocycles. The van der Waals surface area contributed by atoms with Crippen LogP contribution >= 0.6 is 0 Å². The topological polar surface area (TPSA) is 42.0 Å². The van der Waals surface area contributed by atoms with E-state index >= 15 is 0 Å². The van der Waals surface area contributed by atoms with Crippen LogP contribution in [0.4, 0.5) is 0 Å². The number of rotatable bonds is 5. The number of hydrogen-bond donors (Lipinski definition) is 1. The van der Waals surface area contributed by atoms with Crippen molar-refractivity contribution >= 4 is 5.78 Å². The molecular weight excluding hydrogens is 224 g/mol. The second-order valence-electron chi connectivity index (χ2n) is 5.53. The Morgan fingerprint density at radius 2 is 2.28 bits per heavy atom. The van der Waals surface area contributed by atoms with Gasteiger partial charge in [-0.1, -0.05) is 6.07 Å². The Bertz CT molecular complexity index is 440. The Hall–Kier alpha value is -1.22. The maximum atomic E-state index is 12.3. The van der Waals surface area contributed by atoms with E-state index in [1.807, 2.05) is 12.3 Å². The van der Waals surface area contributed by atoms with E-state index in [0.717, 1.165) is 37.4 Å². The number of pyridine rings is 1. The summed E-state index contributed by atoms with van der Waals surface area (Å²) in [6.07, 6.45) is 7.61. The van der Waals surface area contributed by atoms with Gasteiger partial charge in [-0.2, -0.15) is 0 Å². The van der Waals surface area contributed by atoms with Crippen molar-refractivity contribution in [2.24, 2.45) is 5.92 Å². The van der Waals surface area contributed by atoms with Gasteiger partial charge >= 0.3 is 0 Å². The maximum absolute atomic E-state index is 12.3. The first-order valence-corrected chi connectivity index (χ1v) is 7.02. The zero-order valence-electron chi connectivity index (χ0n) is 10.7. The Kier molecular flexibility index (Phi) is 3.41. The van der Waals surface area contributed by atoms with Crippen LogP contribution < -0.4 is 5.32 Å². The molecule has 0 aliphatic heterocycles. The minimum absolute atomic E-state index is 0.0293. The van der Waals surface area contributed by atoms with Gasteiger partial charge in [0.1, 0.15) is 0 Å². The van der Waals surface area contributed by atoms with Crippen molar-refractivity contribution in [1.29, 1.82) is 0 Å². The first-order chi connectivity index (χ1) is 8.84. The molecule has 2 aliphatic rings. The van der Waals surface area contributed by atoms with Crippen molar-refractivity contribution in [2.75, 3.05) is 13.1 Å². The number of aryl methyl sites for hydroxylation is 1. The normalized spacial score (nSPS) is 22.6. The van der Waals surface area contributed by atoms with Gasteiger partial charge in [0, 0.05) is 6.20 Å². The molecule has 1 heterocycles. The van der Waals surface area contributed by atoms with Crippen LogP contribution in [0.5, 0.6) is 0 Å². The highest BCUT2D eigenvalue weighted by Gasteiger charge is 2.27. The molecule has 3 heteroatoms. The molecule has 3 nitrogen and oxygen atoms in total. The van der Waals surface area contributed by atoms with E-state index in [-0.39, 0.29) is 5.92 Å². The largest absolute Gasteiger partial charge is 0.310 e. The number of hydrogen-bond acceptors (Lipinski definition) is 3. The van der Waals surface area contributed by atoms with E-state index in [1.165, 1.54) is 18.4 Å². The third-order valence-corrected chi connectivity index (χ3v) is 4.01. The van der Waals surface area contributed by atoms with E-state index in [2.05, 4.69) is 16.4 Å². The van der Waals surface area contributed by atoms with Gasteiger partial charge in [-0.15, -0.1) is 0 Å². The average Bonchev–Trinajstić information content (AvgIpc) is 3.22. The SMILES string of the molecule is O=C(CNCC1CC1)C1CCCc2cccnc21. The average molecular weight is 244 g/mol. The van der Waals surface area contributed by atoms with Gasteiger partial charge in [0.05, 0.1) is 18.2 Å². The Morgan fingerprint density at radius 3 is 3.11 bits per heavy atom. The molecule has 1 saturated carbocycles. The third-order valence-electron chi connectivity index (χ3n) is 4.01. The summed E-state index contributed by atoms with van der Waals surface area (Å²) in [5.41, 5.74) is 2.30.